The van der Waals surface area contributed by atoms with Gasteiger partial charge in [0.05, 0.1) is 6.33 Å². The largest absolute Gasteiger partial charge is 0.382 e. The Hall–Kier alpha value is -3.73. The van der Waals surface area contributed by atoms with Crippen LogP contribution in [-0.2, 0) is 27.2 Å². The smallest absolute Gasteiger partial charge is 0.226 e. The summed E-state index contributed by atoms with van der Waals surface area (Å²) >= 11 is 0. The highest BCUT2D eigenvalue weighted by Crippen LogP contribution is 2.28. The lowest BCUT2D eigenvalue weighted by atomic mass is 10.1. The number of carbonyl (C=O) groups is 2. The van der Waals surface area contributed by atoms with E-state index in [-0.39, 0.29) is 12.1 Å². The lowest BCUT2D eigenvalue weighted by Crippen LogP contribution is -2.12. The van der Waals surface area contributed by atoms with Crippen LogP contribution in [-0.4, -0.2) is 51.5 Å². The van der Waals surface area contributed by atoms with Gasteiger partial charge in [-0.1, -0.05) is 24.3 Å². The molecule has 0 bridgehead atoms. The molecular weight excluding hydrogens is 436 g/mol. The van der Waals surface area contributed by atoms with Gasteiger partial charge in [0.15, 0.2) is 11.5 Å². The molecule has 11 nitrogen and oxygen atoms in total. The number of nitrogens with one attached hydrogen (secondary N) is 2. The molecule has 1 aliphatic rings. The molecule has 3 heterocycles. The van der Waals surface area contributed by atoms with Crippen molar-refractivity contribution in [3.05, 3.63) is 41.7 Å². The number of benzene rings is 1. The molecule has 0 aliphatic carbocycles. The lowest BCUT2D eigenvalue weighted by molar-refractivity contribution is -0.118. The fourth-order valence-corrected chi connectivity index (χ4v) is 3.55. The molecule has 0 radical (unpaired) electrons. The molecule has 11 heteroatoms. The summed E-state index contributed by atoms with van der Waals surface area (Å²) in [5.74, 6) is 0.552. The van der Waals surface area contributed by atoms with E-state index in [1.165, 1.54) is 5.56 Å². The highest BCUT2D eigenvalue weighted by molar-refractivity contribution is 5.83. The molecule has 1 aliphatic heterocycles. The highest BCUT2D eigenvalue weighted by atomic mass is 16.5. The molecule has 6 N–H and O–H groups in total. The number of primary amides is 1. The van der Waals surface area contributed by atoms with E-state index in [2.05, 4.69) is 37.7 Å². The Morgan fingerprint density at radius 1 is 1.24 bits per heavy atom. The Morgan fingerprint density at radius 2 is 1.97 bits per heavy atom. The number of fused-ring (bicyclic) bond motifs is 1. The van der Waals surface area contributed by atoms with E-state index in [0.29, 0.717) is 48.7 Å². The number of hydrogen-bond donors (Lipinski definition) is 4. The molecule has 1 aromatic carbocycles. The maximum Gasteiger partial charge on any atom is 0.226 e. The topological polar surface area (TPSA) is 163 Å². The van der Waals surface area contributed by atoms with Gasteiger partial charge >= 0.3 is 0 Å². The van der Waals surface area contributed by atoms with E-state index in [9.17, 15) is 9.59 Å². The van der Waals surface area contributed by atoms with E-state index in [4.69, 9.17) is 16.2 Å². The fraction of sp³-hybridized carbons (Fsp3) is 0.435. The summed E-state index contributed by atoms with van der Waals surface area (Å²) in [6, 6.07) is 8.17. The van der Waals surface area contributed by atoms with E-state index in [1.807, 2.05) is 23.6 Å². The van der Waals surface area contributed by atoms with Crippen molar-refractivity contribution in [1.82, 2.24) is 24.8 Å². The Bertz CT molecular complexity index is 1080. The Balaban J connectivity index is 0.000000588. The molecule has 4 rings (SSSR count). The van der Waals surface area contributed by atoms with Gasteiger partial charge in [-0.05, 0) is 43.7 Å². The number of nitrogen functional groups attached to an aromatic ring is 1. The Kier molecular flexibility index (Phi) is 9.15. The number of rotatable bonds is 10. The molecule has 34 heavy (non-hydrogen) atoms. The van der Waals surface area contributed by atoms with Crippen molar-refractivity contribution in [2.45, 2.75) is 45.3 Å². The van der Waals surface area contributed by atoms with Crippen LogP contribution in [0.1, 0.15) is 43.5 Å². The molecule has 2 aromatic heterocycles. The second-order valence-electron chi connectivity index (χ2n) is 7.86. The van der Waals surface area contributed by atoms with Gasteiger partial charge in [0.2, 0.25) is 18.3 Å². The maximum atomic E-state index is 10.9. The number of amides is 2. The zero-order valence-corrected chi connectivity index (χ0v) is 19.4. The molecule has 3 aromatic rings. The third-order valence-electron chi connectivity index (χ3n) is 5.33. The third-order valence-corrected chi connectivity index (χ3v) is 5.33. The maximum absolute atomic E-state index is 10.9. The molecule has 2 amide bonds. The zero-order valence-electron chi connectivity index (χ0n) is 19.4. The minimum atomic E-state index is -0.282. The van der Waals surface area contributed by atoms with Crippen LogP contribution >= 0.6 is 0 Å². The standard InChI is InChI=1S/C20H25N7O2.C3H7NO/c21-15(28)8-7-13-3-5-14(6-4-13)9-10-23-20-25-18(22)17-19(26-20)27(12-24-17)16-2-1-11-29-16;1-2-4-3-5/h3-6,12,16H,1-2,7-11H2,(H2,21,28)(H3,22,23,25,26);3H,2H2,1H3,(H,4,5). The predicted octanol–water partition coefficient (Wildman–Crippen LogP) is 1.54. The van der Waals surface area contributed by atoms with Gasteiger partial charge < -0.3 is 26.8 Å². The van der Waals surface area contributed by atoms with E-state index >= 15 is 0 Å². The van der Waals surface area contributed by atoms with E-state index < -0.39 is 0 Å². The van der Waals surface area contributed by atoms with E-state index in [1.54, 1.807) is 6.33 Å². The normalized spacial score (nSPS) is 14.9. The number of aryl methyl sites for hydroxylation is 1. The summed E-state index contributed by atoms with van der Waals surface area (Å²) in [5.41, 5.74) is 14.8. The fourth-order valence-electron chi connectivity index (χ4n) is 3.55. The van der Waals surface area contributed by atoms with Gasteiger partial charge in [-0.15, -0.1) is 0 Å². The number of nitrogens with two attached hydrogens (primary N) is 2. The lowest BCUT2D eigenvalue weighted by Gasteiger charge is -2.12. The molecule has 0 saturated carbocycles. The van der Waals surface area contributed by atoms with Crippen molar-refractivity contribution in [1.29, 1.82) is 0 Å². The second-order valence-corrected chi connectivity index (χ2v) is 7.86. The van der Waals surface area contributed by atoms with Gasteiger partial charge in [-0.3, -0.25) is 14.2 Å². The number of nitrogens with zero attached hydrogens (tertiary/aromatic N) is 4. The summed E-state index contributed by atoms with van der Waals surface area (Å²) in [5, 5.41) is 5.67. The highest BCUT2D eigenvalue weighted by Gasteiger charge is 2.21. The summed E-state index contributed by atoms with van der Waals surface area (Å²) in [6.07, 6.45) is 6.15. The monoisotopic (exact) mass is 468 g/mol. The summed E-state index contributed by atoms with van der Waals surface area (Å²) < 4.78 is 7.67. The van der Waals surface area contributed by atoms with Crippen LogP contribution in [0.3, 0.4) is 0 Å². The van der Waals surface area contributed by atoms with Crippen LogP contribution < -0.4 is 22.1 Å². The first kappa shape index (κ1) is 24.9. The summed E-state index contributed by atoms with van der Waals surface area (Å²) in [7, 11) is 0. The van der Waals surface area contributed by atoms with Crippen molar-refractivity contribution in [2.75, 3.05) is 30.7 Å². The molecule has 1 atom stereocenters. The van der Waals surface area contributed by atoms with Crippen molar-refractivity contribution in [2.24, 2.45) is 5.73 Å². The predicted molar refractivity (Wildman–Crippen MR) is 130 cm³/mol. The zero-order chi connectivity index (χ0) is 24.3. The van der Waals surface area contributed by atoms with Crippen molar-refractivity contribution >= 4 is 35.2 Å². The molecule has 1 unspecified atom stereocenters. The van der Waals surface area contributed by atoms with Gasteiger partial charge in [0, 0.05) is 26.1 Å². The van der Waals surface area contributed by atoms with Crippen LogP contribution in [0.2, 0.25) is 0 Å². The quantitative estimate of drug-likeness (QED) is 0.326. The first-order valence-corrected chi connectivity index (χ1v) is 11.4. The molecule has 1 fully saturated rings. The number of imidazole rings is 1. The van der Waals surface area contributed by atoms with Gasteiger partial charge in [-0.25, -0.2) is 4.98 Å². The first-order chi connectivity index (χ1) is 16.5. The van der Waals surface area contributed by atoms with Crippen LogP contribution in [0.4, 0.5) is 11.8 Å². The number of anilines is 2. The Labute approximate surface area is 198 Å². The van der Waals surface area contributed by atoms with Crippen molar-refractivity contribution in [3.63, 3.8) is 0 Å². The number of aromatic nitrogens is 4. The average molecular weight is 469 g/mol. The third kappa shape index (κ3) is 6.88. The first-order valence-electron chi connectivity index (χ1n) is 11.4. The van der Waals surface area contributed by atoms with Crippen LogP contribution in [0.25, 0.3) is 11.2 Å². The minimum Gasteiger partial charge on any atom is -0.382 e. The van der Waals surface area contributed by atoms with Crippen LogP contribution in [0, 0.1) is 0 Å². The molecule has 182 valence electrons. The SMILES string of the molecule is CCNC=O.NC(=O)CCc1ccc(CCNc2nc(N)c3ncn(C4CCCO4)c3n2)cc1. The van der Waals surface area contributed by atoms with Gasteiger partial charge in [0.1, 0.15) is 11.7 Å². The van der Waals surface area contributed by atoms with Crippen molar-refractivity contribution < 1.29 is 14.3 Å². The Morgan fingerprint density at radius 3 is 2.56 bits per heavy atom. The molecule has 0 spiro atoms. The second kappa shape index (κ2) is 12.5. The summed E-state index contributed by atoms with van der Waals surface area (Å²) in [6.45, 7) is 4.01. The van der Waals surface area contributed by atoms with Crippen molar-refractivity contribution in [3.8, 4) is 0 Å². The number of ether oxygens (including phenoxy) is 1. The van der Waals surface area contributed by atoms with Crippen LogP contribution in [0.15, 0.2) is 30.6 Å². The minimum absolute atomic E-state index is 0.0461. The van der Waals surface area contributed by atoms with Gasteiger partial charge in [0.25, 0.3) is 0 Å². The number of carbonyl (C=O) groups excluding carboxylic acids is 2. The van der Waals surface area contributed by atoms with Gasteiger partial charge in [-0.2, -0.15) is 9.97 Å². The van der Waals surface area contributed by atoms with Crippen LogP contribution in [0.5, 0.6) is 0 Å². The average Bonchev–Trinajstić information content (AvgIpc) is 3.49. The van der Waals surface area contributed by atoms with E-state index in [0.717, 1.165) is 38.0 Å². The molecular formula is C23H32N8O3. The summed E-state index contributed by atoms with van der Waals surface area (Å²) in [4.78, 5) is 33.4. The molecule has 1 saturated heterocycles. The number of hydrogen-bond acceptors (Lipinski definition) is 8.